The van der Waals surface area contributed by atoms with Crippen LogP contribution >= 0.6 is 0 Å². The second kappa shape index (κ2) is 9.80. The van der Waals surface area contributed by atoms with Crippen LogP contribution in [0.2, 0.25) is 0 Å². The van der Waals surface area contributed by atoms with E-state index < -0.39 is 0 Å². The molecule has 4 aromatic rings. The van der Waals surface area contributed by atoms with Crippen molar-refractivity contribution in [1.82, 2.24) is 30.6 Å². The molecule has 35 heavy (non-hydrogen) atoms. The van der Waals surface area contributed by atoms with E-state index in [-0.39, 0.29) is 0 Å². The van der Waals surface area contributed by atoms with Gasteiger partial charge in [-0.2, -0.15) is 0 Å². The number of H-pyrrole nitrogens is 2. The molecule has 2 aliphatic heterocycles. The number of benzene rings is 2. The van der Waals surface area contributed by atoms with Crippen molar-refractivity contribution in [3.63, 3.8) is 0 Å². The van der Waals surface area contributed by atoms with Crippen molar-refractivity contribution in [2.45, 2.75) is 57.5 Å². The Hall–Kier alpha value is -3.22. The number of rotatable bonds is 7. The highest BCUT2D eigenvalue weighted by atomic mass is 15.0. The largest absolute Gasteiger partial charge is 0.344 e. The summed E-state index contributed by atoms with van der Waals surface area (Å²) in [6, 6.07) is 18.3. The molecule has 4 N–H and O–H groups in total. The van der Waals surface area contributed by atoms with Gasteiger partial charge in [-0.15, -0.1) is 0 Å². The maximum atomic E-state index is 5.03. The minimum Gasteiger partial charge on any atom is -0.344 e. The third kappa shape index (κ3) is 4.56. The molecule has 2 aromatic heterocycles. The molecule has 2 aliphatic rings. The Balaban J connectivity index is 1.20. The van der Waals surface area contributed by atoms with Gasteiger partial charge < -0.3 is 20.6 Å². The van der Waals surface area contributed by atoms with Gasteiger partial charge in [-0.3, -0.25) is 0 Å². The molecule has 0 bridgehead atoms. The topological polar surface area (TPSA) is 81.4 Å². The van der Waals surface area contributed by atoms with E-state index in [1.54, 1.807) is 0 Å². The van der Waals surface area contributed by atoms with Gasteiger partial charge >= 0.3 is 0 Å². The van der Waals surface area contributed by atoms with Crippen LogP contribution in [0, 0.1) is 0 Å². The van der Waals surface area contributed by atoms with Crippen LogP contribution in [-0.2, 0) is 6.42 Å². The standard InChI is InChI=1S/C29H34N6/c1-2-5-23-27(35-29(33-23)25-7-4-17-31-25)22-14-10-20(11-15-22)19-8-12-21(13-9-19)26-18-32-28(34-26)24-6-3-16-30-24/h8-15,18,24-25,30-31H,2-7,16-17H2,1H3,(H,32,34)(H,33,35)/t24-,25-/m0/s1. The number of aromatic amines is 2. The molecule has 2 fully saturated rings. The lowest BCUT2D eigenvalue weighted by Gasteiger charge is -2.07. The molecule has 4 heterocycles. The molecule has 180 valence electrons. The highest BCUT2D eigenvalue weighted by Crippen LogP contribution is 2.31. The van der Waals surface area contributed by atoms with Gasteiger partial charge in [-0.1, -0.05) is 61.9 Å². The van der Waals surface area contributed by atoms with E-state index in [1.807, 2.05) is 6.20 Å². The molecule has 6 nitrogen and oxygen atoms in total. The monoisotopic (exact) mass is 466 g/mol. The molecular formula is C29H34N6. The second-order valence-electron chi connectivity index (χ2n) is 9.83. The molecule has 2 saturated heterocycles. The van der Waals surface area contributed by atoms with Gasteiger partial charge in [-0.05, 0) is 61.9 Å². The normalized spacial score (nSPS) is 20.0. The highest BCUT2D eigenvalue weighted by molar-refractivity contribution is 5.72. The summed E-state index contributed by atoms with van der Waals surface area (Å²) in [6.45, 7) is 4.38. The van der Waals surface area contributed by atoms with Crippen molar-refractivity contribution in [3.8, 4) is 33.6 Å². The molecule has 6 rings (SSSR count). The van der Waals surface area contributed by atoms with E-state index in [1.165, 1.54) is 35.2 Å². The van der Waals surface area contributed by atoms with Gasteiger partial charge in [0.2, 0.25) is 0 Å². The average Bonchev–Trinajstić information content (AvgIpc) is 3.70. The molecule has 0 unspecified atom stereocenters. The van der Waals surface area contributed by atoms with Crippen LogP contribution in [-0.4, -0.2) is 33.0 Å². The van der Waals surface area contributed by atoms with E-state index in [2.05, 4.69) is 81.0 Å². The second-order valence-corrected chi connectivity index (χ2v) is 9.83. The maximum absolute atomic E-state index is 5.03. The first-order chi connectivity index (χ1) is 17.3. The van der Waals surface area contributed by atoms with Crippen molar-refractivity contribution in [2.75, 3.05) is 13.1 Å². The number of nitrogens with one attached hydrogen (secondary N) is 4. The van der Waals surface area contributed by atoms with E-state index in [4.69, 9.17) is 4.98 Å². The molecule has 0 spiro atoms. The van der Waals surface area contributed by atoms with Crippen molar-refractivity contribution in [1.29, 1.82) is 0 Å². The fraction of sp³-hybridized carbons (Fsp3) is 0.379. The molecular weight excluding hydrogens is 432 g/mol. The lowest BCUT2D eigenvalue weighted by atomic mass is 10.00. The number of nitrogens with zero attached hydrogens (tertiary/aromatic N) is 2. The summed E-state index contributed by atoms with van der Waals surface area (Å²) in [5.41, 5.74) is 8.19. The average molecular weight is 467 g/mol. The third-order valence-electron chi connectivity index (χ3n) is 7.36. The van der Waals surface area contributed by atoms with E-state index >= 15 is 0 Å². The Morgan fingerprint density at radius 1 is 0.743 bits per heavy atom. The molecule has 2 atom stereocenters. The van der Waals surface area contributed by atoms with Crippen LogP contribution in [0.1, 0.15) is 68.5 Å². The van der Waals surface area contributed by atoms with Crippen LogP contribution in [0.15, 0.2) is 54.7 Å². The number of imidazole rings is 2. The first kappa shape index (κ1) is 22.3. The zero-order valence-corrected chi connectivity index (χ0v) is 20.4. The van der Waals surface area contributed by atoms with E-state index in [0.29, 0.717) is 12.1 Å². The van der Waals surface area contributed by atoms with Gasteiger partial charge in [0.1, 0.15) is 11.6 Å². The van der Waals surface area contributed by atoms with Crippen LogP contribution in [0.25, 0.3) is 33.6 Å². The predicted molar refractivity (Wildman–Crippen MR) is 141 cm³/mol. The number of aromatic nitrogens is 4. The summed E-state index contributed by atoms with van der Waals surface area (Å²) in [7, 11) is 0. The van der Waals surface area contributed by atoms with Crippen molar-refractivity contribution in [3.05, 3.63) is 72.1 Å². The van der Waals surface area contributed by atoms with Gasteiger partial charge in [0, 0.05) is 11.3 Å². The molecule has 0 amide bonds. The Bertz CT molecular complexity index is 1260. The van der Waals surface area contributed by atoms with E-state index in [0.717, 1.165) is 67.4 Å². The Morgan fingerprint density at radius 2 is 1.34 bits per heavy atom. The summed E-state index contributed by atoms with van der Waals surface area (Å²) in [5, 5.41) is 7.07. The van der Waals surface area contributed by atoms with Gasteiger partial charge in [0.25, 0.3) is 0 Å². The summed E-state index contributed by atoms with van der Waals surface area (Å²) >= 11 is 0. The Morgan fingerprint density at radius 3 is 1.94 bits per heavy atom. The van der Waals surface area contributed by atoms with Crippen LogP contribution < -0.4 is 10.6 Å². The van der Waals surface area contributed by atoms with Gasteiger partial charge in [0.05, 0.1) is 29.7 Å². The molecule has 0 radical (unpaired) electrons. The van der Waals surface area contributed by atoms with Crippen LogP contribution in [0.4, 0.5) is 0 Å². The first-order valence-corrected chi connectivity index (χ1v) is 13.1. The fourth-order valence-corrected chi connectivity index (χ4v) is 5.42. The highest BCUT2D eigenvalue weighted by Gasteiger charge is 2.22. The van der Waals surface area contributed by atoms with Crippen molar-refractivity contribution in [2.24, 2.45) is 0 Å². The minimum absolute atomic E-state index is 0.359. The molecule has 0 aliphatic carbocycles. The zero-order chi connectivity index (χ0) is 23.6. The van der Waals surface area contributed by atoms with E-state index in [9.17, 15) is 0 Å². The number of hydrogen-bond acceptors (Lipinski definition) is 4. The molecule has 0 saturated carbocycles. The molecule has 6 heteroatoms. The van der Waals surface area contributed by atoms with Gasteiger partial charge in [-0.25, -0.2) is 9.97 Å². The lowest BCUT2D eigenvalue weighted by molar-refractivity contribution is 0.611. The summed E-state index contributed by atoms with van der Waals surface area (Å²) < 4.78 is 0. The summed E-state index contributed by atoms with van der Waals surface area (Å²) in [6.07, 6.45) is 8.82. The van der Waals surface area contributed by atoms with Crippen molar-refractivity contribution < 1.29 is 0 Å². The lowest BCUT2D eigenvalue weighted by Crippen LogP contribution is -2.14. The van der Waals surface area contributed by atoms with Gasteiger partial charge in [0.15, 0.2) is 0 Å². The van der Waals surface area contributed by atoms with Crippen LogP contribution in [0.5, 0.6) is 0 Å². The third-order valence-corrected chi connectivity index (χ3v) is 7.36. The Labute approximate surface area is 207 Å². The minimum atomic E-state index is 0.359. The maximum Gasteiger partial charge on any atom is 0.124 e. The Kier molecular flexibility index (Phi) is 6.23. The zero-order valence-electron chi connectivity index (χ0n) is 20.4. The quantitative estimate of drug-likeness (QED) is 0.272. The van der Waals surface area contributed by atoms with Crippen LogP contribution in [0.3, 0.4) is 0 Å². The molecule has 2 aromatic carbocycles. The fourth-order valence-electron chi connectivity index (χ4n) is 5.42. The summed E-state index contributed by atoms with van der Waals surface area (Å²) in [5.74, 6) is 2.14. The summed E-state index contributed by atoms with van der Waals surface area (Å²) in [4.78, 5) is 16.8. The number of aryl methyl sites for hydroxylation is 1. The SMILES string of the molecule is CCCc1[nH]c([C@@H]2CCCN2)nc1-c1ccc(-c2ccc(-c3cnc([C@@H]4CCCN4)[nH]3)cc2)cc1. The number of hydrogen-bond donors (Lipinski definition) is 4. The predicted octanol–water partition coefficient (Wildman–Crippen LogP) is 5.94. The first-order valence-electron chi connectivity index (χ1n) is 13.1. The smallest absolute Gasteiger partial charge is 0.124 e. The van der Waals surface area contributed by atoms with Crippen molar-refractivity contribution >= 4 is 0 Å².